The Kier molecular flexibility index (Phi) is 4.10. The molecule has 0 radical (unpaired) electrons. The number of Topliss-reactive ketones (excluding diaryl/α,β-unsaturated/α-hetero) is 1. The van der Waals surface area contributed by atoms with Crippen molar-refractivity contribution in [2.24, 2.45) is 0 Å². The fraction of sp³-hybridized carbons (Fsp3) is 0.286. The van der Waals surface area contributed by atoms with Crippen LogP contribution in [0.1, 0.15) is 17.3 Å². The van der Waals surface area contributed by atoms with E-state index < -0.39 is 55.4 Å². The molecule has 0 bridgehead atoms. The van der Waals surface area contributed by atoms with Crippen LogP contribution in [0.4, 0.5) is 20.2 Å². The van der Waals surface area contributed by atoms with E-state index >= 15 is 0 Å². The molecule has 0 saturated carbocycles. The Labute approximate surface area is 134 Å². The molecule has 0 aliphatic carbocycles. The van der Waals surface area contributed by atoms with E-state index in [1.165, 1.54) is 7.05 Å². The van der Waals surface area contributed by atoms with Gasteiger partial charge in [0.1, 0.15) is 6.20 Å². The van der Waals surface area contributed by atoms with Gasteiger partial charge in [-0.25, -0.2) is 4.79 Å². The number of aliphatic carboxylic acids is 1. The molecule has 1 N–H and O–H groups in total. The third-order valence-electron chi connectivity index (χ3n) is 3.96. The number of carboxylic acids is 1. The first-order valence-corrected chi connectivity index (χ1v) is 6.70. The van der Waals surface area contributed by atoms with Gasteiger partial charge in [0.15, 0.2) is 11.1 Å². The fourth-order valence-electron chi connectivity index (χ4n) is 2.65. The standard InChI is InChI=1S/C14H12F2N2O6/c1-4-18(2)5-6(14(20)21)12(19)7-10(17(22)23)8(15)9(16)13(24-3)11(7)18/h5H,4H2,1-3H3/p+1. The topological polar surface area (TPSA) is 107 Å². The molecule has 0 spiro atoms. The van der Waals surface area contributed by atoms with Crippen molar-refractivity contribution in [2.45, 2.75) is 6.92 Å². The number of benzene rings is 1. The van der Waals surface area contributed by atoms with Gasteiger partial charge < -0.3 is 9.84 Å². The Balaban J connectivity index is 3.08. The number of quaternary nitrogens is 1. The van der Waals surface area contributed by atoms with Gasteiger partial charge in [0.2, 0.25) is 28.9 Å². The number of ether oxygens (including phenoxy) is 1. The van der Waals surface area contributed by atoms with Gasteiger partial charge in [0.25, 0.3) is 0 Å². The number of nitro benzene ring substituents is 1. The molecule has 0 aromatic heterocycles. The van der Waals surface area contributed by atoms with Gasteiger partial charge in [-0.15, -0.1) is 0 Å². The molecule has 128 valence electrons. The molecule has 24 heavy (non-hydrogen) atoms. The molecule has 1 atom stereocenters. The van der Waals surface area contributed by atoms with Crippen LogP contribution in [0.5, 0.6) is 5.75 Å². The van der Waals surface area contributed by atoms with E-state index in [4.69, 9.17) is 4.74 Å². The Bertz CT molecular complexity index is 820. The SMILES string of the molecule is CC[N+]1(C)C=C(C(=O)O)C(=O)c2c([N+](=O)[O-])c(F)c(F)c(OC)c21. The highest BCUT2D eigenvalue weighted by molar-refractivity contribution is 6.28. The summed E-state index contributed by atoms with van der Waals surface area (Å²) in [6.07, 6.45) is 1.02. The van der Waals surface area contributed by atoms with Crippen LogP contribution in [0.3, 0.4) is 0 Å². The van der Waals surface area contributed by atoms with Crippen LogP contribution in [-0.4, -0.2) is 42.5 Å². The predicted molar refractivity (Wildman–Crippen MR) is 77.9 cm³/mol. The number of fused-ring (bicyclic) bond motifs is 1. The number of carboxylic acid groups (broad SMARTS) is 1. The largest absolute Gasteiger partial charge is 0.489 e. The zero-order chi connectivity index (χ0) is 18.4. The Hall–Kier alpha value is -2.88. The van der Waals surface area contributed by atoms with Crippen molar-refractivity contribution in [2.75, 3.05) is 20.7 Å². The summed E-state index contributed by atoms with van der Waals surface area (Å²) in [6, 6.07) is 0. The lowest BCUT2D eigenvalue weighted by Crippen LogP contribution is -2.45. The summed E-state index contributed by atoms with van der Waals surface area (Å²) in [6.45, 7) is 1.69. The van der Waals surface area contributed by atoms with Gasteiger partial charge in [-0.05, 0) is 6.92 Å². The van der Waals surface area contributed by atoms with Crippen LogP contribution in [0.25, 0.3) is 0 Å². The second-order valence-corrected chi connectivity index (χ2v) is 5.25. The van der Waals surface area contributed by atoms with Gasteiger partial charge in [-0.3, -0.25) is 19.4 Å². The number of carbonyl (C=O) groups excluding carboxylic acids is 1. The third-order valence-corrected chi connectivity index (χ3v) is 3.96. The molecule has 1 aliphatic rings. The highest BCUT2D eigenvalue weighted by Crippen LogP contribution is 2.48. The van der Waals surface area contributed by atoms with Crippen LogP contribution in [0.2, 0.25) is 0 Å². The zero-order valence-corrected chi connectivity index (χ0v) is 12.9. The quantitative estimate of drug-likeness (QED) is 0.388. The van der Waals surface area contributed by atoms with Crippen LogP contribution in [0, 0.1) is 21.7 Å². The minimum Gasteiger partial charge on any atom is -0.489 e. The molecule has 10 heteroatoms. The summed E-state index contributed by atoms with van der Waals surface area (Å²) >= 11 is 0. The van der Waals surface area contributed by atoms with Gasteiger partial charge in [0.05, 0.1) is 25.6 Å². The predicted octanol–water partition coefficient (Wildman–Crippen LogP) is 2.00. The number of rotatable bonds is 4. The second-order valence-electron chi connectivity index (χ2n) is 5.25. The van der Waals surface area contributed by atoms with Crippen molar-refractivity contribution in [3.05, 3.63) is 39.1 Å². The maximum atomic E-state index is 14.2. The lowest BCUT2D eigenvalue weighted by atomic mass is 9.93. The number of hydrogen-bond acceptors (Lipinski definition) is 5. The average molecular weight is 343 g/mol. The van der Waals surface area contributed by atoms with Crippen molar-refractivity contribution >= 4 is 23.1 Å². The van der Waals surface area contributed by atoms with E-state index in [1.54, 1.807) is 6.92 Å². The maximum Gasteiger partial charge on any atom is 0.345 e. The lowest BCUT2D eigenvalue weighted by Gasteiger charge is -2.34. The van der Waals surface area contributed by atoms with Crippen molar-refractivity contribution in [1.82, 2.24) is 4.48 Å². The maximum absolute atomic E-state index is 14.2. The fourth-order valence-corrected chi connectivity index (χ4v) is 2.65. The van der Waals surface area contributed by atoms with Gasteiger partial charge in [0, 0.05) is 0 Å². The van der Waals surface area contributed by atoms with Crippen molar-refractivity contribution in [3.8, 4) is 5.75 Å². The number of nitrogens with zero attached hydrogens (tertiary/aromatic N) is 2. The molecule has 1 aliphatic heterocycles. The molecule has 2 rings (SSSR count). The van der Waals surface area contributed by atoms with E-state index in [0.29, 0.717) is 0 Å². The minimum atomic E-state index is -1.88. The Morgan fingerprint density at radius 2 is 2.00 bits per heavy atom. The summed E-state index contributed by atoms with van der Waals surface area (Å²) in [7, 11) is 2.42. The molecular weight excluding hydrogens is 330 g/mol. The highest BCUT2D eigenvalue weighted by atomic mass is 19.2. The molecule has 1 aromatic carbocycles. The number of nitro groups is 1. The molecule has 0 fully saturated rings. The summed E-state index contributed by atoms with van der Waals surface area (Å²) in [5, 5.41) is 20.4. The van der Waals surface area contributed by atoms with Crippen LogP contribution < -0.4 is 9.22 Å². The molecular formula is C14H13F2N2O6+. The normalized spacial score (nSPS) is 19.5. The highest BCUT2D eigenvalue weighted by Gasteiger charge is 2.49. The van der Waals surface area contributed by atoms with Gasteiger partial charge in [-0.1, -0.05) is 0 Å². The molecule has 1 unspecified atom stereocenters. The summed E-state index contributed by atoms with van der Waals surface area (Å²) < 4.78 is 32.7. The Morgan fingerprint density at radius 3 is 2.42 bits per heavy atom. The summed E-state index contributed by atoms with van der Waals surface area (Å²) in [5.41, 5.74) is -3.28. The van der Waals surface area contributed by atoms with Crippen LogP contribution >= 0.6 is 0 Å². The minimum absolute atomic E-state index is 0.107. The van der Waals surface area contributed by atoms with Gasteiger partial charge in [-0.2, -0.15) is 8.78 Å². The van der Waals surface area contributed by atoms with Gasteiger partial charge >= 0.3 is 11.7 Å². The van der Waals surface area contributed by atoms with E-state index in [-0.39, 0.29) is 12.2 Å². The smallest absolute Gasteiger partial charge is 0.345 e. The Morgan fingerprint density at radius 1 is 1.42 bits per heavy atom. The molecule has 0 saturated heterocycles. The first-order chi connectivity index (χ1) is 11.1. The first-order valence-electron chi connectivity index (χ1n) is 6.70. The number of halogens is 2. The molecule has 1 heterocycles. The lowest BCUT2D eigenvalue weighted by molar-refractivity contribution is -0.388. The zero-order valence-electron chi connectivity index (χ0n) is 12.9. The van der Waals surface area contributed by atoms with Crippen molar-refractivity contribution in [3.63, 3.8) is 0 Å². The van der Waals surface area contributed by atoms with E-state index in [2.05, 4.69) is 0 Å². The second kappa shape index (κ2) is 5.64. The number of ketones is 1. The van der Waals surface area contributed by atoms with E-state index in [1.807, 2.05) is 0 Å². The van der Waals surface area contributed by atoms with Crippen LogP contribution in [-0.2, 0) is 4.79 Å². The van der Waals surface area contributed by atoms with Crippen LogP contribution in [0.15, 0.2) is 11.8 Å². The van der Waals surface area contributed by atoms with E-state index in [9.17, 15) is 33.6 Å². The molecule has 1 aromatic rings. The van der Waals surface area contributed by atoms with E-state index in [0.717, 1.165) is 13.3 Å². The summed E-state index contributed by atoms with van der Waals surface area (Å²) in [4.78, 5) is 33.7. The number of methoxy groups -OCH3 is 1. The van der Waals surface area contributed by atoms with Crippen molar-refractivity contribution in [1.29, 1.82) is 0 Å². The number of carbonyl (C=O) groups is 2. The van der Waals surface area contributed by atoms with Crippen molar-refractivity contribution < 1.29 is 33.1 Å². The average Bonchev–Trinajstić information content (AvgIpc) is 2.51. The first kappa shape index (κ1) is 17.5. The monoisotopic (exact) mass is 343 g/mol. The molecule has 8 nitrogen and oxygen atoms in total. The number of hydrogen-bond donors (Lipinski definition) is 1. The third kappa shape index (κ3) is 2.22. The molecule has 0 amide bonds. The summed E-state index contributed by atoms with van der Waals surface area (Å²) in [5.74, 6) is -7.06.